The van der Waals surface area contributed by atoms with Crippen molar-refractivity contribution in [3.63, 3.8) is 0 Å². The summed E-state index contributed by atoms with van der Waals surface area (Å²) in [6.07, 6.45) is 1.66. The Morgan fingerprint density at radius 1 is 1.38 bits per heavy atom. The third kappa shape index (κ3) is 3.56. The van der Waals surface area contributed by atoms with Crippen molar-refractivity contribution in [3.05, 3.63) is 55.8 Å². The molecule has 0 aromatic carbocycles. The van der Waals surface area contributed by atoms with Crippen LogP contribution >= 0.6 is 11.3 Å². The van der Waals surface area contributed by atoms with Gasteiger partial charge < -0.3 is 15.6 Å². The second-order valence-electron chi connectivity index (χ2n) is 7.16. The Kier molecular flexibility index (Phi) is 4.97. The Morgan fingerprint density at radius 3 is 2.76 bits per heavy atom. The number of pyridine rings is 1. The van der Waals surface area contributed by atoms with E-state index in [9.17, 15) is 14.4 Å². The van der Waals surface area contributed by atoms with Crippen molar-refractivity contribution >= 4 is 33.1 Å². The summed E-state index contributed by atoms with van der Waals surface area (Å²) in [5.74, 6) is -0.538. The van der Waals surface area contributed by atoms with Gasteiger partial charge >= 0.3 is 5.69 Å². The van der Waals surface area contributed by atoms with Gasteiger partial charge in [0.15, 0.2) is 0 Å². The Morgan fingerprint density at radius 2 is 2.14 bits per heavy atom. The number of carbonyl (C=O) groups is 1. The molecule has 1 fully saturated rings. The van der Waals surface area contributed by atoms with E-state index in [1.807, 2.05) is 19.2 Å². The van der Waals surface area contributed by atoms with Gasteiger partial charge in [0.1, 0.15) is 10.4 Å². The van der Waals surface area contributed by atoms with E-state index in [1.165, 1.54) is 15.9 Å². The monoisotopic (exact) mass is 414 g/mol. The molecular formula is C19H22N6O3S. The van der Waals surface area contributed by atoms with Crippen LogP contribution in [0, 0.1) is 0 Å². The Bertz CT molecular complexity index is 1170. The number of likely N-dealkylation sites (tertiary alicyclic amines) is 1. The number of aromatic nitrogens is 3. The van der Waals surface area contributed by atoms with Crippen LogP contribution in [0.4, 0.5) is 5.69 Å². The fraction of sp³-hybridized carbons (Fsp3) is 0.368. The molecule has 0 unspecified atom stereocenters. The lowest BCUT2D eigenvalue weighted by atomic mass is 10.1. The van der Waals surface area contributed by atoms with E-state index in [2.05, 4.69) is 19.8 Å². The summed E-state index contributed by atoms with van der Waals surface area (Å²) in [6, 6.07) is 5.71. The first-order chi connectivity index (χ1) is 13.9. The SMILES string of the molecule is CCn1c(=O)[nH]c2cc(CN3CC(N(C)c4ccc(C(N)=O)nc4)C3)sc2c1=O. The summed E-state index contributed by atoms with van der Waals surface area (Å²) in [5, 5.41) is 0. The molecule has 0 saturated carbocycles. The van der Waals surface area contributed by atoms with E-state index in [1.54, 1.807) is 19.2 Å². The summed E-state index contributed by atoms with van der Waals surface area (Å²) in [7, 11) is 2.00. The number of nitrogens with one attached hydrogen (secondary N) is 1. The maximum Gasteiger partial charge on any atom is 0.328 e. The zero-order valence-electron chi connectivity index (χ0n) is 16.2. The van der Waals surface area contributed by atoms with Gasteiger partial charge in [-0.05, 0) is 25.1 Å². The molecule has 0 aliphatic carbocycles. The molecule has 3 N–H and O–H groups in total. The second kappa shape index (κ2) is 7.45. The number of anilines is 1. The van der Waals surface area contributed by atoms with Crippen molar-refractivity contribution in [1.82, 2.24) is 19.4 Å². The third-order valence-corrected chi connectivity index (χ3v) is 6.41. The summed E-state index contributed by atoms with van der Waals surface area (Å²) >= 11 is 1.44. The molecule has 1 aliphatic heterocycles. The highest BCUT2D eigenvalue weighted by atomic mass is 32.1. The van der Waals surface area contributed by atoms with Crippen molar-refractivity contribution in [3.8, 4) is 0 Å². The van der Waals surface area contributed by atoms with Crippen molar-refractivity contribution in [2.75, 3.05) is 25.0 Å². The van der Waals surface area contributed by atoms with Gasteiger partial charge in [0.2, 0.25) is 0 Å². The van der Waals surface area contributed by atoms with Crippen LogP contribution in [-0.2, 0) is 13.1 Å². The first-order valence-corrected chi connectivity index (χ1v) is 10.2. The predicted octanol–water partition coefficient (Wildman–Crippen LogP) is 0.586. The molecule has 0 bridgehead atoms. The lowest BCUT2D eigenvalue weighted by molar-refractivity contribution is 0.0995. The molecule has 0 spiro atoms. The van der Waals surface area contributed by atoms with E-state index in [4.69, 9.17) is 5.73 Å². The summed E-state index contributed by atoms with van der Waals surface area (Å²) in [5.41, 5.74) is 6.43. The summed E-state index contributed by atoms with van der Waals surface area (Å²) < 4.78 is 1.81. The van der Waals surface area contributed by atoms with Crippen LogP contribution in [0.15, 0.2) is 34.0 Å². The topological polar surface area (TPSA) is 117 Å². The van der Waals surface area contributed by atoms with E-state index in [0.717, 1.165) is 30.2 Å². The summed E-state index contributed by atoms with van der Waals surface area (Å²) in [6.45, 7) is 4.61. The third-order valence-electron chi connectivity index (χ3n) is 5.30. The summed E-state index contributed by atoms with van der Waals surface area (Å²) in [4.78, 5) is 47.9. The smallest absolute Gasteiger partial charge is 0.328 e. The highest BCUT2D eigenvalue weighted by molar-refractivity contribution is 7.18. The van der Waals surface area contributed by atoms with Gasteiger partial charge in [-0.25, -0.2) is 9.78 Å². The Hall–Kier alpha value is -2.98. The average Bonchev–Trinajstić information content (AvgIpc) is 3.07. The van der Waals surface area contributed by atoms with Gasteiger partial charge in [-0.15, -0.1) is 11.3 Å². The van der Waals surface area contributed by atoms with Gasteiger partial charge in [-0.3, -0.25) is 19.1 Å². The Labute approximate surface area is 170 Å². The van der Waals surface area contributed by atoms with E-state index in [-0.39, 0.29) is 16.9 Å². The first kappa shape index (κ1) is 19.3. The number of nitrogens with two attached hydrogens (primary N) is 1. The predicted molar refractivity (Wildman–Crippen MR) is 113 cm³/mol. The lowest BCUT2D eigenvalue weighted by Gasteiger charge is -2.44. The van der Waals surface area contributed by atoms with Gasteiger partial charge in [-0.2, -0.15) is 0 Å². The molecule has 3 aromatic heterocycles. The maximum absolute atomic E-state index is 12.4. The van der Waals surface area contributed by atoms with E-state index >= 15 is 0 Å². The van der Waals surface area contributed by atoms with Crippen LogP contribution in [0.25, 0.3) is 10.2 Å². The number of aromatic amines is 1. The quantitative estimate of drug-likeness (QED) is 0.610. The number of rotatable bonds is 6. The van der Waals surface area contributed by atoms with Crippen molar-refractivity contribution in [2.24, 2.45) is 5.73 Å². The van der Waals surface area contributed by atoms with Gasteiger partial charge in [-0.1, -0.05) is 0 Å². The van der Waals surface area contributed by atoms with Crippen LogP contribution in [0.3, 0.4) is 0 Å². The van der Waals surface area contributed by atoms with Gasteiger partial charge in [0, 0.05) is 38.1 Å². The maximum atomic E-state index is 12.4. The Balaban J connectivity index is 1.41. The van der Waals surface area contributed by atoms with Crippen molar-refractivity contribution in [1.29, 1.82) is 0 Å². The second-order valence-corrected chi connectivity index (χ2v) is 8.30. The minimum Gasteiger partial charge on any atom is -0.368 e. The van der Waals surface area contributed by atoms with Crippen LogP contribution in [0.2, 0.25) is 0 Å². The molecule has 3 aromatic rings. The minimum atomic E-state index is -0.538. The molecule has 0 radical (unpaired) electrons. The molecule has 4 rings (SSSR count). The fourth-order valence-corrected chi connectivity index (χ4v) is 4.65. The molecule has 0 atom stereocenters. The number of thiophene rings is 1. The molecule has 1 aliphatic rings. The van der Waals surface area contributed by atoms with Crippen molar-refractivity contribution < 1.29 is 4.79 Å². The average molecular weight is 414 g/mol. The normalized spacial score (nSPS) is 14.8. The molecule has 10 heteroatoms. The molecule has 9 nitrogen and oxygen atoms in total. The number of amides is 1. The minimum absolute atomic E-state index is 0.226. The number of primary amides is 1. The van der Waals surface area contributed by atoms with E-state index in [0.29, 0.717) is 22.8 Å². The van der Waals surface area contributed by atoms with Crippen molar-refractivity contribution in [2.45, 2.75) is 26.1 Å². The first-order valence-electron chi connectivity index (χ1n) is 9.34. The lowest BCUT2D eigenvalue weighted by Crippen LogP contribution is -2.57. The number of hydrogen-bond acceptors (Lipinski definition) is 7. The highest BCUT2D eigenvalue weighted by Crippen LogP contribution is 2.26. The molecule has 4 heterocycles. The number of H-pyrrole nitrogens is 1. The number of fused-ring (bicyclic) bond motifs is 1. The largest absolute Gasteiger partial charge is 0.368 e. The fourth-order valence-electron chi connectivity index (χ4n) is 3.54. The molecule has 1 saturated heterocycles. The van der Waals surface area contributed by atoms with E-state index < -0.39 is 5.91 Å². The zero-order valence-corrected chi connectivity index (χ0v) is 17.0. The van der Waals surface area contributed by atoms with Crippen LogP contribution < -0.4 is 21.9 Å². The van der Waals surface area contributed by atoms with Gasteiger partial charge in [0.25, 0.3) is 11.5 Å². The number of likely N-dealkylation sites (N-methyl/N-ethyl adjacent to an activating group) is 1. The molecule has 152 valence electrons. The van der Waals surface area contributed by atoms with Crippen LogP contribution in [0.5, 0.6) is 0 Å². The molecular weight excluding hydrogens is 392 g/mol. The molecule has 29 heavy (non-hydrogen) atoms. The number of nitrogens with zero attached hydrogens (tertiary/aromatic N) is 4. The molecule has 1 amide bonds. The zero-order chi connectivity index (χ0) is 20.7. The number of carbonyl (C=O) groups excluding carboxylic acids is 1. The number of hydrogen-bond donors (Lipinski definition) is 2. The van der Waals surface area contributed by atoms with Crippen LogP contribution in [-0.4, -0.2) is 51.5 Å². The van der Waals surface area contributed by atoms with Gasteiger partial charge in [0.05, 0.1) is 23.4 Å². The van der Waals surface area contributed by atoms with Crippen LogP contribution in [0.1, 0.15) is 22.3 Å². The highest BCUT2D eigenvalue weighted by Gasteiger charge is 2.30. The standard InChI is InChI=1S/C19H22N6O3S/c1-3-25-18(27)16-15(22-19(25)28)6-13(29-16)10-24-8-12(9-24)23(2)11-4-5-14(17(20)26)21-7-11/h4-7,12H,3,8-10H2,1-2H3,(H2,20,26)(H,22,28).